The highest BCUT2D eigenvalue weighted by Gasteiger charge is 2.07. The average molecular weight is 275 g/mol. The van der Waals surface area contributed by atoms with Crippen LogP contribution in [0, 0.1) is 0 Å². The van der Waals surface area contributed by atoms with Crippen molar-refractivity contribution in [2.24, 2.45) is 0 Å². The van der Waals surface area contributed by atoms with E-state index < -0.39 is 0 Å². The van der Waals surface area contributed by atoms with Crippen LogP contribution < -0.4 is 5.32 Å². The molecule has 0 aromatic carbocycles. The summed E-state index contributed by atoms with van der Waals surface area (Å²) in [4.78, 5) is 14.3. The van der Waals surface area contributed by atoms with Crippen LogP contribution in [-0.4, -0.2) is 28.6 Å². The van der Waals surface area contributed by atoms with Gasteiger partial charge in [-0.05, 0) is 34.8 Å². The number of aromatic amines is 1. The van der Waals surface area contributed by atoms with Gasteiger partial charge in [-0.25, -0.2) is 0 Å². The normalized spacial score (nSPS) is 12.5. The summed E-state index contributed by atoms with van der Waals surface area (Å²) < 4.78 is 0.848. The Kier molecular flexibility index (Phi) is 4.84. The Morgan fingerprint density at radius 3 is 3.00 bits per heavy atom. The van der Waals surface area contributed by atoms with E-state index in [4.69, 9.17) is 0 Å². The predicted octanol–water partition coefficient (Wildman–Crippen LogP) is 1.67. The van der Waals surface area contributed by atoms with E-state index in [2.05, 4.69) is 26.2 Å². The van der Waals surface area contributed by atoms with Crippen LogP contribution in [0.15, 0.2) is 16.7 Å². The Bertz CT molecular complexity index is 325. The van der Waals surface area contributed by atoms with Crippen LogP contribution in [0.3, 0.4) is 0 Å². The molecule has 0 aliphatic rings. The molecule has 1 unspecified atom stereocenters. The third kappa shape index (κ3) is 4.05. The molecule has 5 heteroatoms. The third-order valence-electron chi connectivity index (χ3n) is 2.13. The summed E-state index contributed by atoms with van der Waals surface area (Å²) in [5, 5.41) is 12.0. The van der Waals surface area contributed by atoms with Gasteiger partial charge >= 0.3 is 0 Å². The van der Waals surface area contributed by atoms with Crippen LogP contribution in [0.25, 0.3) is 0 Å². The Hall–Kier alpha value is -0.810. The fourth-order valence-electron chi connectivity index (χ4n) is 1.15. The minimum Gasteiger partial charge on any atom is -0.393 e. The lowest BCUT2D eigenvalue weighted by Crippen LogP contribution is -2.27. The average Bonchev–Trinajstić information content (AvgIpc) is 2.64. The molecule has 4 nitrogen and oxygen atoms in total. The van der Waals surface area contributed by atoms with Crippen LogP contribution in [-0.2, 0) is 0 Å². The Balaban J connectivity index is 2.31. The first-order valence-electron chi connectivity index (χ1n) is 4.93. The molecule has 84 valence electrons. The summed E-state index contributed by atoms with van der Waals surface area (Å²) in [5.74, 6) is -0.149. The second kappa shape index (κ2) is 5.92. The minimum absolute atomic E-state index is 0.149. The van der Waals surface area contributed by atoms with Crippen molar-refractivity contribution < 1.29 is 9.90 Å². The van der Waals surface area contributed by atoms with Crippen molar-refractivity contribution in [2.45, 2.75) is 25.9 Å². The zero-order chi connectivity index (χ0) is 11.3. The van der Waals surface area contributed by atoms with Crippen molar-refractivity contribution in [1.29, 1.82) is 0 Å². The standard InChI is InChI=1S/C10H15BrN2O2/c1-2-8(14)3-4-12-10(15)9-5-7(11)6-13-9/h5-6,8,13-14H,2-4H2,1H3,(H,12,15). The molecule has 0 bridgehead atoms. The molecule has 1 aromatic rings. The lowest BCUT2D eigenvalue weighted by Gasteiger charge is -2.07. The number of aliphatic hydroxyl groups is 1. The van der Waals surface area contributed by atoms with Crippen molar-refractivity contribution in [3.05, 3.63) is 22.4 Å². The molecule has 0 saturated carbocycles. The molecule has 0 fully saturated rings. The lowest BCUT2D eigenvalue weighted by molar-refractivity contribution is 0.0937. The maximum Gasteiger partial charge on any atom is 0.267 e. The van der Waals surface area contributed by atoms with Crippen LogP contribution in [0.5, 0.6) is 0 Å². The number of carbonyl (C=O) groups is 1. The molecule has 1 rings (SSSR count). The largest absolute Gasteiger partial charge is 0.393 e. The van der Waals surface area contributed by atoms with E-state index in [0.29, 0.717) is 25.1 Å². The molecule has 0 saturated heterocycles. The van der Waals surface area contributed by atoms with Gasteiger partial charge in [-0.1, -0.05) is 6.92 Å². The molecule has 1 heterocycles. The van der Waals surface area contributed by atoms with Crippen molar-refractivity contribution in [1.82, 2.24) is 10.3 Å². The number of aliphatic hydroxyl groups excluding tert-OH is 1. The fraction of sp³-hybridized carbons (Fsp3) is 0.500. The lowest BCUT2D eigenvalue weighted by atomic mass is 10.2. The highest BCUT2D eigenvalue weighted by atomic mass is 79.9. The second-order valence-electron chi connectivity index (χ2n) is 3.34. The second-order valence-corrected chi connectivity index (χ2v) is 4.25. The fourth-order valence-corrected chi connectivity index (χ4v) is 1.49. The van der Waals surface area contributed by atoms with Gasteiger partial charge in [0.25, 0.3) is 5.91 Å². The van der Waals surface area contributed by atoms with Crippen molar-refractivity contribution in [3.63, 3.8) is 0 Å². The van der Waals surface area contributed by atoms with Gasteiger partial charge in [0.05, 0.1) is 6.10 Å². The van der Waals surface area contributed by atoms with Gasteiger partial charge in [-0.15, -0.1) is 0 Å². The number of nitrogens with one attached hydrogen (secondary N) is 2. The number of aromatic nitrogens is 1. The molecule has 0 aliphatic carbocycles. The van der Waals surface area contributed by atoms with Gasteiger partial charge in [0.2, 0.25) is 0 Å². The van der Waals surface area contributed by atoms with E-state index in [1.54, 1.807) is 12.3 Å². The van der Waals surface area contributed by atoms with E-state index in [0.717, 1.165) is 4.47 Å². The smallest absolute Gasteiger partial charge is 0.267 e. The Morgan fingerprint density at radius 2 is 2.47 bits per heavy atom. The summed E-state index contributed by atoms with van der Waals surface area (Å²) in [7, 11) is 0. The molecular formula is C10H15BrN2O2. The van der Waals surface area contributed by atoms with E-state index in [-0.39, 0.29) is 12.0 Å². The number of H-pyrrole nitrogens is 1. The molecule has 0 aliphatic heterocycles. The van der Waals surface area contributed by atoms with Crippen LogP contribution in [0.1, 0.15) is 30.3 Å². The molecule has 1 atom stereocenters. The van der Waals surface area contributed by atoms with Crippen molar-refractivity contribution >= 4 is 21.8 Å². The number of hydrogen-bond acceptors (Lipinski definition) is 2. The zero-order valence-electron chi connectivity index (χ0n) is 8.59. The molecule has 0 spiro atoms. The van der Waals surface area contributed by atoms with E-state index in [9.17, 15) is 9.90 Å². The Morgan fingerprint density at radius 1 is 1.73 bits per heavy atom. The molecule has 3 N–H and O–H groups in total. The maximum atomic E-state index is 11.5. The van der Waals surface area contributed by atoms with Crippen LogP contribution in [0.4, 0.5) is 0 Å². The number of halogens is 1. The highest BCUT2D eigenvalue weighted by Crippen LogP contribution is 2.10. The van der Waals surface area contributed by atoms with Gasteiger partial charge in [-0.2, -0.15) is 0 Å². The minimum atomic E-state index is -0.333. The molecule has 1 aromatic heterocycles. The summed E-state index contributed by atoms with van der Waals surface area (Å²) >= 11 is 3.25. The molecular weight excluding hydrogens is 260 g/mol. The quantitative estimate of drug-likeness (QED) is 0.765. The summed E-state index contributed by atoms with van der Waals surface area (Å²) in [6.45, 7) is 2.40. The third-order valence-corrected chi connectivity index (χ3v) is 2.58. The van der Waals surface area contributed by atoms with Gasteiger partial charge < -0.3 is 15.4 Å². The predicted molar refractivity (Wildman–Crippen MR) is 61.7 cm³/mol. The van der Waals surface area contributed by atoms with Gasteiger partial charge in [0.15, 0.2) is 0 Å². The topological polar surface area (TPSA) is 65.1 Å². The molecule has 1 amide bonds. The first-order chi connectivity index (χ1) is 7.13. The Labute approximate surface area is 97.2 Å². The monoisotopic (exact) mass is 274 g/mol. The molecule has 0 radical (unpaired) electrons. The highest BCUT2D eigenvalue weighted by molar-refractivity contribution is 9.10. The zero-order valence-corrected chi connectivity index (χ0v) is 10.2. The van der Waals surface area contributed by atoms with Gasteiger partial charge in [0.1, 0.15) is 5.69 Å². The first-order valence-corrected chi connectivity index (χ1v) is 5.73. The van der Waals surface area contributed by atoms with E-state index in [1.807, 2.05) is 6.92 Å². The number of amides is 1. The van der Waals surface area contributed by atoms with Crippen molar-refractivity contribution in [3.8, 4) is 0 Å². The van der Waals surface area contributed by atoms with Gasteiger partial charge in [0, 0.05) is 17.2 Å². The number of carbonyl (C=O) groups excluding carboxylic acids is 1. The van der Waals surface area contributed by atoms with Crippen molar-refractivity contribution in [2.75, 3.05) is 6.54 Å². The molecule has 15 heavy (non-hydrogen) atoms. The summed E-state index contributed by atoms with van der Waals surface area (Å²) in [6, 6.07) is 1.71. The summed E-state index contributed by atoms with van der Waals surface area (Å²) in [5.41, 5.74) is 0.521. The van der Waals surface area contributed by atoms with E-state index >= 15 is 0 Å². The first kappa shape index (κ1) is 12.3. The number of rotatable bonds is 5. The van der Waals surface area contributed by atoms with E-state index in [1.165, 1.54) is 0 Å². The number of hydrogen-bond donors (Lipinski definition) is 3. The van der Waals surface area contributed by atoms with Gasteiger partial charge in [-0.3, -0.25) is 4.79 Å². The maximum absolute atomic E-state index is 11.5. The SMILES string of the molecule is CCC(O)CCNC(=O)c1cc(Br)c[nH]1. The van der Waals surface area contributed by atoms with Crippen LogP contribution in [0.2, 0.25) is 0 Å². The summed E-state index contributed by atoms with van der Waals surface area (Å²) in [6.07, 6.45) is 2.67. The van der Waals surface area contributed by atoms with Crippen LogP contribution >= 0.6 is 15.9 Å².